The van der Waals surface area contributed by atoms with E-state index in [-0.39, 0.29) is 12.0 Å². The number of methoxy groups -OCH3 is 1. The minimum absolute atomic E-state index is 0.0601. The van der Waals surface area contributed by atoms with Crippen LogP contribution < -0.4 is 5.73 Å². The molecule has 0 bridgehead atoms. The summed E-state index contributed by atoms with van der Waals surface area (Å²) in [6.07, 6.45) is 0.678. The van der Waals surface area contributed by atoms with Crippen molar-refractivity contribution in [3.05, 3.63) is 0 Å². The van der Waals surface area contributed by atoms with Crippen molar-refractivity contribution in [2.45, 2.75) is 24.9 Å². The van der Waals surface area contributed by atoms with Gasteiger partial charge in [-0.2, -0.15) is 0 Å². The topological polar surface area (TPSA) is 55.6 Å². The first kappa shape index (κ1) is 9.48. The normalized spacial score (nSPS) is 36.8. The van der Waals surface area contributed by atoms with Gasteiger partial charge in [-0.05, 0) is 20.4 Å². The van der Waals surface area contributed by atoms with Crippen molar-refractivity contribution < 1.29 is 9.53 Å². The molecule has 70 valence electrons. The molecule has 1 rings (SSSR count). The average Bonchev–Trinajstić information content (AvgIpc) is 2.33. The molecule has 0 radical (unpaired) electrons. The number of esters is 1. The van der Waals surface area contributed by atoms with Crippen molar-refractivity contribution in [2.24, 2.45) is 5.73 Å². The van der Waals surface area contributed by atoms with Gasteiger partial charge in [0.15, 0.2) is 0 Å². The van der Waals surface area contributed by atoms with Crippen molar-refractivity contribution in [3.8, 4) is 0 Å². The van der Waals surface area contributed by atoms with Crippen LogP contribution in [0.25, 0.3) is 0 Å². The molecule has 12 heavy (non-hydrogen) atoms. The number of hydrogen-bond acceptors (Lipinski definition) is 4. The molecule has 4 heteroatoms. The lowest BCUT2D eigenvalue weighted by Gasteiger charge is -2.27. The third kappa shape index (κ3) is 1.21. The van der Waals surface area contributed by atoms with Crippen LogP contribution in [0, 0.1) is 0 Å². The van der Waals surface area contributed by atoms with E-state index in [1.54, 1.807) is 0 Å². The predicted molar refractivity (Wildman–Crippen MR) is 45.6 cm³/mol. The first-order valence-corrected chi connectivity index (χ1v) is 4.10. The van der Waals surface area contributed by atoms with Crippen molar-refractivity contribution in [1.82, 2.24) is 4.90 Å². The monoisotopic (exact) mass is 172 g/mol. The highest BCUT2D eigenvalue weighted by Gasteiger charge is 2.47. The minimum Gasteiger partial charge on any atom is -0.468 e. The number of hydrogen-bond donors (Lipinski definition) is 1. The van der Waals surface area contributed by atoms with Crippen LogP contribution in [0.5, 0.6) is 0 Å². The Morgan fingerprint density at radius 3 is 2.67 bits per heavy atom. The van der Waals surface area contributed by atoms with Crippen molar-refractivity contribution in [2.75, 3.05) is 20.7 Å². The van der Waals surface area contributed by atoms with E-state index in [9.17, 15) is 4.79 Å². The van der Waals surface area contributed by atoms with Crippen LogP contribution in [0.4, 0.5) is 0 Å². The second-order valence-corrected chi connectivity index (χ2v) is 3.44. The van der Waals surface area contributed by atoms with Crippen molar-refractivity contribution in [3.63, 3.8) is 0 Å². The first-order chi connectivity index (χ1) is 5.52. The van der Waals surface area contributed by atoms with E-state index in [0.717, 1.165) is 6.54 Å². The summed E-state index contributed by atoms with van der Waals surface area (Å²) >= 11 is 0. The summed E-state index contributed by atoms with van der Waals surface area (Å²) < 4.78 is 4.67. The number of nitrogens with zero attached hydrogens (tertiary/aromatic N) is 1. The van der Waals surface area contributed by atoms with Gasteiger partial charge in [0.25, 0.3) is 0 Å². The second kappa shape index (κ2) is 3.03. The van der Waals surface area contributed by atoms with Crippen LogP contribution in [0.3, 0.4) is 0 Å². The van der Waals surface area contributed by atoms with Gasteiger partial charge in [0.05, 0.1) is 7.11 Å². The molecule has 0 aromatic heterocycles. The third-order valence-electron chi connectivity index (χ3n) is 2.85. The lowest BCUT2D eigenvalue weighted by molar-refractivity contribution is -0.147. The van der Waals surface area contributed by atoms with Crippen molar-refractivity contribution >= 4 is 5.97 Å². The third-order valence-corrected chi connectivity index (χ3v) is 2.85. The highest BCUT2D eigenvalue weighted by atomic mass is 16.5. The Morgan fingerprint density at radius 2 is 2.33 bits per heavy atom. The Kier molecular flexibility index (Phi) is 2.39. The zero-order valence-electron chi connectivity index (χ0n) is 7.83. The number of carbonyl (C=O) groups is 1. The molecule has 1 aliphatic rings. The second-order valence-electron chi connectivity index (χ2n) is 3.44. The zero-order valence-corrected chi connectivity index (χ0v) is 7.83. The maximum absolute atomic E-state index is 11.3. The fourth-order valence-corrected chi connectivity index (χ4v) is 1.62. The molecule has 1 fully saturated rings. The summed E-state index contributed by atoms with van der Waals surface area (Å²) in [5.74, 6) is -0.306. The largest absolute Gasteiger partial charge is 0.468 e. The van der Waals surface area contributed by atoms with E-state index in [2.05, 4.69) is 9.64 Å². The molecule has 2 atom stereocenters. The number of nitrogens with two attached hydrogens (primary N) is 1. The molecule has 2 N–H and O–H groups in total. The summed E-state index contributed by atoms with van der Waals surface area (Å²) in [7, 11) is 3.34. The Hall–Kier alpha value is -0.610. The number of likely N-dealkylation sites (tertiary alicyclic amines) is 1. The van der Waals surface area contributed by atoms with Crippen LogP contribution in [-0.4, -0.2) is 43.2 Å². The van der Waals surface area contributed by atoms with Gasteiger partial charge in [0.2, 0.25) is 0 Å². The van der Waals surface area contributed by atoms with E-state index >= 15 is 0 Å². The number of rotatable bonds is 1. The molecule has 1 aliphatic heterocycles. The zero-order chi connectivity index (χ0) is 9.35. The van der Waals surface area contributed by atoms with Crippen LogP contribution >= 0.6 is 0 Å². The Morgan fingerprint density at radius 1 is 1.75 bits per heavy atom. The molecule has 1 heterocycles. The molecule has 0 amide bonds. The average molecular weight is 172 g/mol. The molecular formula is C8H16N2O2. The summed E-state index contributed by atoms with van der Waals surface area (Å²) in [5.41, 5.74) is 5.13. The van der Waals surface area contributed by atoms with Gasteiger partial charge in [-0.3, -0.25) is 4.79 Å². The van der Waals surface area contributed by atoms with E-state index in [4.69, 9.17) is 5.73 Å². The molecule has 1 saturated heterocycles. The summed E-state index contributed by atoms with van der Waals surface area (Å²) in [6, 6.07) is 0.0601. The van der Waals surface area contributed by atoms with Gasteiger partial charge < -0.3 is 15.4 Å². The van der Waals surface area contributed by atoms with Crippen LogP contribution in [0.2, 0.25) is 0 Å². The Bertz CT molecular complexity index is 195. The van der Waals surface area contributed by atoms with Crippen LogP contribution in [-0.2, 0) is 9.53 Å². The molecule has 2 unspecified atom stereocenters. The number of likely N-dealkylation sites (N-methyl/N-ethyl adjacent to an activating group) is 1. The van der Waals surface area contributed by atoms with Gasteiger partial charge in [-0.15, -0.1) is 0 Å². The lowest BCUT2D eigenvalue weighted by atomic mass is 9.93. The first-order valence-electron chi connectivity index (χ1n) is 4.10. The van der Waals surface area contributed by atoms with Crippen LogP contribution in [0.1, 0.15) is 13.3 Å². The lowest BCUT2D eigenvalue weighted by Crippen LogP contribution is -2.56. The molecule has 4 nitrogen and oxygen atoms in total. The van der Waals surface area contributed by atoms with Crippen LogP contribution in [0.15, 0.2) is 0 Å². The number of ether oxygens (including phenoxy) is 1. The summed E-state index contributed by atoms with van der Waals surface area (Å²) in [5, 5.41) is 0. The highest BCUT2D eigenvalue weighted by Crippen LogP contribution is 2.25. The van der Waals surface area contributed by atoms with Crippen molar-refractivity contribution in [1.29, 1.82) is 0 Å². The molecular weight excluding hydrogens is 156 g/mol. The maximum Gasteiger partial charge on any atom is 0.327 e. The molecule has 0 aromatic carbocycles. The Balaban J connectivity index is 2.78. The smallest absolute Gasteiger partial charge is 0.327 e. The fourth-order valence-electron chi connectivity index (χ4n) is 1.62. The Labute approximate surface area is 72.7 Å². The van der Waals surface area contributed by atoms with Gasteiger partial charge >= 0.3 is 5.97 Å². The maximum atomic E-state index is 11.3. The van der Waals surface area contributed by atoms with Gasteiger partial charge in [-0.25, -0.2) is 0 Å². The number of carbonyl (C=O) groups excluding carboxylic acids is 1. The van der Waals surface area contributed by atoms with E-state index < -0.39 is 5.54 Å². The van der Waals surface area contributed by atoms with E-state index in [1.807, 2.05) is 14.0 Å². The van der Waals surface area contributed by atoms with E-state index in [0.29, 0.717) is 6.42 Å². The molecule has 0 spiro atoms. The van der Waals surface area contributed by atoms with Gasteiger partial charge in [-0.1, -0.05) is 0 Å². The van der Waals surface area contributed by atoms with E-state index in [1.165, 1.54) is 7.11 Å². The minimum atomic E-state index is -0.802. The molecule has 0 aromatic rings. The SMILES string of the molecule is COC(=O)C1(N)CCN(C)C1C. The summed E-state index contributed by atoms with van der Waals surface area (Å²) in [6.45, 7) is 2.80. The molecule has 0 aliphatic carbocycles. The quantitative estimate of drug-likeness (QED) is 0.546. The predicted octanol–water partition coefficient (Wildman–Crippen LogP) is -0.419. The van der Waals surface area contributed by atoms with Gasteiger partial charge in [0.1, 0.15) is 5.54 Å². The fraction of sp³-hybridized carbons (Fsp3) is 0.875. The highest BCUT2D eigenvalue weighted by molar-refractivity contribution is 5.82. The summed E-state index contributed by atoms with van der Waals surface area (Å²) in [4.78, 5) is 13.4. The standard InChI is InChI=1S/C8H16N2O2/c1-6-8(9,7(11)12-3)4-5-10(6)2/h6H,4-5,9H2,1-3H3. The van der Waals surface area contributed by atoms with Gasteiger partial charge in [0, 0.05) is 12.6 Å². The molecule has 0 saturated carbocycles.